The zero-order chi connectivity index (χ0) is 19.8. The van der Waals surface area contributed by atoms with Gasteiger partial charge in [-0.3, -0.25) is 0 Å². The average molecular weight is 392 g/mol. The zero-order valence-corrected chi connectivity index (χ0v) is 15.9. The number of nitrogens with zero attached hydrogens (tertiary/aromatic N) is 1. The number of rotatable bonds is 7. The van der Waals surface area contributed by atoms with Gasteiger partial charge in [0.15, 0.2) is 0 Å². The molecule has 0 spiro atoms. The number of ether oxygens (including phenoxy) is 2. The van der Waals surface area contributed by atoms with E-state index in [0.717, 1.165) is 23.3 Å². The molecule has 5 heteroatoms. The lowest BCUT2D eigenvalue weighted by Crippen LogP contribution is -2.08. The van der Waals surface area contributed by atoms with Crippen molar-refractivity contribution in [3.63, 3.8) is 0 Å². The molecule has 0 atom stereocenters. The highest BCUT2D eigenvalue weighted by Crippen LogP contribution is 2.23. The highest BCUT2D eigenvalue weighted by Gasteiger charge is 2.09. The monoisotopic (exact) mass is 391 g/mol. The van der Waals surface area contributed by atoms with E-state index in [1.54, 1.807) is 36.4 Å². The normalized spacial score (nSPS) is 10.1. The number of halogens is 1. The standard InChI is InChI=1S/C23H18ClNO3/c24-14-1-15-27-21-12-8-19(9-13-21)18-4-6-20(7-5-18)23(26)28-22-10-2-17(16-25)3-11-22/h2-13H,1,14-15H2. The Kier molecular flexibility index (Phi) is 6.67. The van der Waals surface area contributed by atoms with Gasteiger partial charge in [0.1, 0.15) is 11.5 Å². The molecular weight excluding hydrogens is 374 g/mol. The summed E-state index contributed by atoms with van der Waals surface area (Å²) in [7, 11) is 0. The maximum atomic E-state index is 12.3. The van der Waals surface area contributed by atoms with Gasteiger partial charge >= 0.3 is 5.97 Å². The molecule has 0 bridgehead atoms. The van der Waals surface area contributed by atoms with Crippen LogP contribution in [0.25, 0.3) is 11.1 Å². The molecule has 0 aliphatic rings. The Bertz CT molecular complexity index is 959. The first-order valence-corrected chi connectivity index (χ1v) is 9.34. The van der Waals surface area contributed by atoms with Crippen LogP contribution in [-0.4, -0.2) is 18.5 Å². The van der Waals surface area contributed by atoms with Gasteiger partial charge in [-0.2, -0.15) is 5.26 Å². The first-order chi connectivity index (χ1) is 13.7. The fourth-order valence-corrected chi connectivity index (χ4v) is 2.66. The molecular formula is C23H18ClNO3. The van der Waals surface area contributed by atoms with Crippen molar-refractivity contribution < 1.29 is 14.3 Å². The predicted octanol–water partition coefficient (Wildman–Crippen LogP) is 5.45. The third kappa shape index (κ3) is 5.12. The summed E-state index contributed by atoms with van der Waals surface area (Å²) in [6, 6.07) is 23.4. The third-order valence-electron chi connectivity index (χ3n) is 4.05. The summed E-state index contributed by atoms with van der Waals surface area (Å²) in [6.07, 6.45) is 0.809. The molecule has 0 aliphatic carbocycles. The molecule has 3 aromatic carbocycles. The fourth-order valence-electron chi connectivity index (χ4n) is 2.55. The van der Waals surface area contributed by atoms with Crippen molar-refractivity contribution in [3.8, 4) is 28.7 Å². The van der Waals surface area contributed by atoms with E-state index in [0.29, 0.717) is 29.4 Å². The topological polar surface area (TPSA) is 59.3 Å². The summed E-state index contributed by atoms with van der Waals surface area (Å²) < 4.78 is 10.9. The summed E-state index contributed by atoms with van der Waals surface area (Å²) in [5.41, 5.74) is 2.98. The maximum Gasteiger partial charge on any atom is 0.343 e. The Hall–Kier alpha value is -3.29. The second-order valence-electron chi connectivity index (χ2n) is 6.02. The second-order valence-corrected chi connectivity index (χ2v) is 6.40. The molecule has 0 unspecified atom stereocenters. The maximum absolute atomic E-state index is 12.3. The Morgan fingerprint density at radius 3 is 2.00 bits per heavy atom. The molecule has 0 saturated heterocycles. The molecule has 0 fully saturated rings. The Balaban J connectivity index is 1.63. The first kappa shape index (κ1) is 19.5. The number of carbonyl (C=O) groups excluding carboxylic acids is 1. The Labute approximate surface area is 168 Å². The number of hydrogen-bond acceptors (Lipinski definition) is 4. The fraction of sp³-hybridized carbons (Fsp3) is 0.130. The van der Waals surface area contributed by atoms with Gasteiger partial charge in [0.25, 0.3) is 0 Å². The summed E-state index contributed by atoms with van der Waals surface area (Å²) in [6.45, 7) is 0.596. The van der Waals surface area contributed by atoms with Crippen LogP contribution in [0.1, 0.15) is 22.3 Å². The van der Waals surface area contributed by atoms with Crippen LogP contribution in [0.4, 0.5) is 0 Å². The van der Waals surface area contributed by atoms with E-state index in [4.69, 9.17) is 26.3 Å². The number of hydrogen-bond donors (Lipinski definition) is 0. The number of esters is 1. The summed E-state index contributed by atoms with van der Waals surface area (Å²) >= 11 is 5.64. The SMILES string of the molecule is N#Cc1ccc(OC(=O)c2ccc(-c3ccc(OCCCCl)cc3)cc2)cc1. The van der Waals surface area contributed by atoms with Crippen LogP contribution in [-0.2, 0) is 0 Å². The summed E-state index contributed by atoms with van der Waals surface area (Å²) in [4.78, 5) is 12.3. The van der Waals surface area contributed by atoms with Gasteiger partial charge in [-0.25, -0.2) is 4.79 Å². The van der Waals surface area contributed by atoms with Crippen molar-refractivity contribution in [1.29, 1.82) is 5.26 Å². The minimum Gasteiger partial charge on any atom is -0.494 e. The lowest BCUT2D eigenvalue weighted by atomic mass is 10.0. The molecule has 3 aromatic rings. The van der Waals surface area contributed by atoms with Crippen molar-refractivity contribution in [2.24, 2.45) is 0 Å². The van der Waals surface area contributed by atoms with Crippen LogP contribution in [0.3, 0.4) is 0 Å². The first-order valence-electron chi connectivity index (χ1n) is 8.81. The van der Waals surface area contributed by atoms with Crippen LogP contribution < -0.4 is 9.47 Å². The molecule has 4 nitrogen and oxygen atoms in total. The molecule has 0 heterocycles. The molecule has 0 aliphatic heterocycles. The highest BCUT2D eigenvalue weighted by molar-refractivity contribution is 6.17. The van der Waals surface area contributed by atoms with Crippen molar-refractivity contribution in [2.45, 2.75) is 6.42 Å². The number of nitriles is 1. The van der Waals surface area contributed by atoms with Gasteiger partial charge in [0.2, 0.25) is 0 Å². The van der Waals surface area contributed by atoms with Crippen LogP contribution in [0.2, 0.25) is 0 Å². The quantitative estimate of drug-likeness (QED) is 0.232. The van der Waals surface area contributed by atoms with Gasteiger partial charge in [-0.1, -0.05) is 24.3 Å². The van der Waals surface area contributed by atoms with Crippen molar-refractivity contribution >= 4 is 17.6 Å². The minimum atomic E-state index is -0.445. The summed E-state index contributed by atoms with van der Waals surface area (Å²) in [5, 5.41) is 8.80. The number of carbonyl (C=O) groups is 1. The van der Waals surface area contributed by atoms with Gasteiger partial charge in [-0.15, -0.1) is 11.6 Å². The van der Waals surface area contributed by atoms with E-state index in [9.17, 15) is 4.79 Å². The molecule has 0 aromatic heterocycles. The van der Waals surface area contributed by atoms with Crippen LogP contribution in [0.5, 0.6) is 11.5 Å². The van der Waals surface area contributed by atoms with E-state index in [1.165, 1.54) is 0 Å². The lowest BCUT2D eigenvalue weighted by molar-refractivity contribution is 0.0735. The molecule has 0 amide bonds. The van der Waals surface area contributed by atoms with Gasteiger partial charge in [-0.05, 0) is 66.1 Å². The Morgan fingerprint density at radius 2 is 1.43 bits per heavy atom. The minimum absolute atomic E-state index is 0.401. The van der Waals surface area contributed by atoms with E-state index >= 15 is 0 Å². The third-order valence-corrected chi connectivity index (χ3v) is 4.32. The molecule has 0 N–H and O–H groups in total. The Morgan fingerprint density at radius 1 is 0.857 bits per heavy atom. The van der Waals surface area contributed by atoms with Gasteiger partial charge in [0.05, 0.1) is 23.8 Å². The van der Waals surface area contributed by atoms with Gasteiger partial charge in [0, 0.05) is 5.88 Å². The molecule has 0 radical (unpaired) electrons. The van der Waals surface area contributed by atoms with E-state index in [-0.39, 0.29) is 0 Å². The molecule has 28 heavy (non-hydrogen) atoms. The molecule has 3 rings (SSSR count). The molecule has 0 saturated carbocycles. The van der Waals surface area contributed by atoms with Crippen molar-refractivity contribution in [1.82, 2.24) is 0 Å². The zero-order valence-electron chi connectivity index (χ0n) is 15.1. The largest absolute Gasteiger partial charge is 0.494 e. The summed E-state index contributed by atoms with van der Waals surface area (Å²) in [5.74, 6) is 1.34. The second kappa shape index (κ2) is 9.59. The van der Waals surface area contributed by atoms with E-state index in [1.807, 2.05) is 42.5 Å². The highest BCUT2D eigenvalue weighted by atomic mass is 35.5. The van der Waals surface area contributed by atoms with Crippen LogP contribution >= 0.6 is 11.6 Å². The van der Waals surface area contributed by atoms with E-state index < -0.39 is 5.97 Å². The lowest BCUT2D eigenvalue weighted by Gasteiger charge is -2.08. The van der Waals surface area contributed by atoms with Crippen molar-refractivity contribution in [3.05, 3.63) is 83.9 Å². The smallest absolute Gasteiger partial charge is 0.343 e. The number of alkyl halides is 1. The predicted molar refractivity (Wildman–Crippen MR) is 109 cm³/mol. The van der Waals surface area contributed by atoms with Crippen LogP contribution in [0.15, 0.2) is 72.8 Å². The average Bonchev–Trinajstić information content (AvgIpc) is 2.75. The van der Waals surface area contributed by atoms with Crippen molar-refractivity contribution in [2.75, 3.05) is 12.5 Å². The van der Waals surface area contributed by atoms with E-state index in [2.05, 4.69) is 0 Å². The van der Waals surface area contributed by atoms with Crippen LogP contribution in [0, 0.1) is 11.3 Å². The molecule has 140 valence electrons. The number of benzene rings is 3. The van der Waals surface area contributed by atoms with Gasteiger partial charge < -0.3 is 9.47 Å².